The van der Waals surface area contributed by atoms with E-state index in [1.165, 1.54) is 0 Å². The zero-order chi connectivity index (χ0) is 13.0. The van der Waals surface area contributed by atoms with Crippen LogP contribution in [0.4, 0.5) is 0 Å². The van der Waals surface area contributed by atoms with E-state index in [2.05, 4.69) is 11.4 Å². The highest BCUT2D eigenvalue weighted by Gasteiger charge is 2.20. The molecule has 1 saturated heterocycles. The largest absolute Gasteiger partial charge is 0.489 e. The van der Waals surface area contributed by atoms with Crippen LogP contribution in [-0.4, -0.2) is 31.9 Å². The molecule has 0 bridgehead atoms. The second-order valence-electron chi connectivity index (χ2n) is 4.60. The summed E-state index contributed by atoms with van der Waals surface area (Å²) in [6.07, 6.45) is 0.250. The van der Waals surface area contributed by atoms with Crippen molar-refractivity contribution in [1.29, 1.82) is 5.26 Å². The fourth-order valence-corrected chi connectivity index (χ4v) is 2.08. The molecule has 2 atom stereocenters. The van der Waals surface area contributed by atoms with Crippen LogP contribution in [-0.2, 0) is 4.74 Å². The number of ether oxygens (including phenoxy) is 2. The van der Waals surface area contributed by atoms with E-state index in [9.17, 15) is 0 Å². The number of rotatable bonds is 3. The molecule has 96 valence electrons. The summed E-state index contributed by atoms with van der Waals surface area (Å²) >= 11 is 0. The number of aryl methyl sites for hydroxylation is 1. The Morgan fingerprint density at radius 2 is 2.33 bits per heavy atom. The van der Waals surface area contributed by atoms with Crippen LogP contribution in [0.25, 0.3) is 0 Å². The quantitative estimate of drug-likeness (QED) is 0.880. The van der Waals surface area contributed by atoms with Crippen LogP contribution in [0.5, 0.6) is 5.75 Å². The van der Waals surface area contributed by atoms with E-state index in [1.54, 1.807) is 6.07 Å². The molecule has 4 nitrogen and oxygen atoms in total. The standard InChI is InChI=1S/C14H18N2O2/c1-10-4-3-5-12(6-15)14(10)17-9-13-8-16-7-11(2)18-13/h3-5,11,13,16H,7-9H2,1-2H3. The Morgan fingerprint density at radius 1 is 1.50 bits per heavy atom. The molecular weight excluding hydrogens is 228 g/mol. The minimum Gasteiger partial charge on any atom is -0.489 e. The maximum Gasteiger partial charge on any atom is 0.140 e. The molecule has 0 radical (unpaired) electrons. The lowest BCUT2D eigenvalue weighted by atomic mass is 10.1. The lowest BCUT2D eigenvalue weighted by molar-refractivity contribution is -0.0471. The Balaban J connectivity index is 2.00. The Morgan fingerprint density at radius 3 is 3.06 bits per heavy atom. The average Bonchev–Trinajstić information content (AvgIpc) is 2.37. The third kappa shape index (κ3) is 3.00. The van der Waals surface area contributed by atoms with Gasteiger partial charge in [0, 0.05) is 13.1 Å². The zero-order valence-electron chi connectivity index (χ0n) is 10.8. The fraction of sp³-hybridized carbons (Fsp3) is 0.500. The number of nitrogens with one attached hydrogen (secondary N) is 1. The SMILES string of the molecule is Cc1cccc(C#N)c1OCC1CNCC(C)O1. The van der Waals surface area contributed by atoms with Gasteiger partial charge in [0.1, 0.15) is 24.5 Å². The molecule has 1 fully saturated rings. The van der Waals surface area contributed by atoms with E-state index in [0.717, 1.165) is 18.7 Å². The van der Waals surface area contributed by atoms with Gasteiger partial charge in [-0.3, -0.25) is 0 Å². The predicted molar refractivity (Wildman–Crippen MR) is 68.6 cm³/mol. The number of para-hydroxylation sites is 1. The van der Waals surface area contributed by atoms with Crippen molar-refractivity contribution in [2.24, 2.45) is 0 Å². The van der Waals surface area contributed by atoms with Crippen molar-refractivity contribution in [2.75, 3.05) is 19.7 Å². The maximum atomic E-state index is 9.05. The smallest absolute Gasteiger partial charge is 0.140 e. The minimum absolute atomic E-state index is 0.0416. The van der Waals surface area contributed by atoms with E-state index >= 15 is 0 Å². The van der Waals surface area contributed by atoms with Gasteiger partial charge in [0.2, 0.25) is 0 Å². The molecule has 1 N–H and O–H groups in total. The third-order valence-corrected chi connectivity index (χ3v) is 2.97. The van der Waals surface area contributed by atoms with Crippen molar-refractivity contribution in [3.05, 3.63) is 29.3 Å². The van der Waals surface area contributed by atoms with Crippen molar-refractivity contribution < 1.29 is 9.47 Å². The molecule has 0 aromatic heterocycles. The average molecular weight is 246 g/mol. The molecule has 1 heterocycles. The van der Waals surface area contributed by atoms with Crippen LogP contribution < -0.4 is 10.1 Å². The highest BCUT2D eigenvalue weighted by atomic mass is 16.5. The van der Waals surface area contributed by atoms with Gasteiger partial charge in [-0.1, -0.05) is 12.1 Å². The normalized spacial score (nSPS) is 23.4. The zero-order valence-corrected chi connectivity index (χ0v) is 10.8. The van der Waals surface area contributed by atoms with Crippen molar-refractivity contribution in [2.45, 2.75) is 26.1 Å². The van der Waals surface area contributed by atoms with Gasteiger partial charge in [-0.2, -0.15) is 5.26 Å². The lowest BCUT2D eigenvalue weighted by Crippen LogP contribution is -2.45. The van der Waals surface area contributed by atoms with Crippen LogP contribution in [0, 0.1) is 18.3 Å². The summed E-state index contributed by atoms with van der Waals surface area (Å²) in [7, 11) is 0. The fourth-order valence-electron chi connectivity index (χ4n) is 2.08. The summed E-state index contributed by atoms with van der Waals surface area (Å²) in [5.74, 6) is 0.668. The number of nitriles is 1. The number of morpholine rings is 1. The Kier molecular flexibility index (Phi) is 4.19. The predicted octanol–water partition coefficient (Wildman–Crippen LogP) is 1.62. The highest BCUT2D eigenvalue weighted by molar-refractivity contribution is 5.47. The van der Waals surface area contributed by atoms with Crippen molar-refractivity contribution in [3.8, 4) is 11.8 Å². The summed E-state index contributed by atoms with van der Waals surface area (Å²) in [5, 5.41) is 12.3. The first-order valence-electron chi connectivity index (χ1n) is 6.19. The molecule has 0 saturated carbocycles. The lowest BCUT2D eigenvalue weighted by Gasteiger charge is -2.28. The summed E-state index contributed by atoms with van der Waals surface area (Å²) in [6, 6.07) is 7.73. The van der Waals surface area contributed by atoms with Gasteiger partial charge in [-0.25, -0.2) is 0 Å². The van der Waals surface area contributed by atoms with Crippen LogP contribution in [0.1, 0.15) is 18.1 Å². The number of hydrogen-bond donors (Lipinski definition) is 1. The van der Waals surface area contributed by atoms with Crippen molar-refractivity contribution in [3.63, 3.8) is 0 Å². The molecule has 2 unspecified atom stereocenters. The van der Waals surface area contributed by atoms with Gasteiger partial charge >= 0.3 is 0 Å². The van der Waals surface area contributed by atoms with E-state index in [4.69, 9.17) is 14.7 Å². The topological polar surface area (TPSA) is 54.3 Å². The molecule has 1 aromatic rings. The summed E-state index contributed by atoms with van der Waals surface area (Å²) in [4.78, 5) is 0. The van der Waals surface area contributed by atoms with E-state index in [0.29, 0.717) is 17.9 Å². The van der Waals surface area contributed by atoms with Crippen LogP contribution in [0.3, 0.4) is 0 Å². The molecule has 1 aliphatic rings. The number of benzene rings is 1. The van der Waals surface area contributed by atoms with Crippen LogP contribution in [0.2, 0.25) is 0 Å². The molecule has 18 heavy (non-hydrogen) atoms. The Hall–Kier alpha value is -1.57. The molecule has 0 spiro atoms. The molecule has 1 aromatic carbocycles. The first-order valence-corrected chi connectivity index (χ1v) is 6.19. The van der Waals surface area contributed by atoms with Crippen molar-refractivity contribution >= 4 is 0 Å². The van der Waals surface area contributed by atoms with E-state index < -0.39 is 0 Å². The van der Waals surface area contributed by atoms with Gasteiger partial charge < -0.3 is 14.8 Å². The molecule has 1 aliphatic heterocycles. The van der Waals surface area contributed by atoms with Gasteiger partial charge in [0.05, 0.1) is 11.7 Å². The summed E-state index contributed by atoms with van der Waals surface area (Å²) in [5.41, 5.74) is 1.55. The maximum absolute atomic E-state index is 9.05. The monoisotopic (exact) mass is 246 g/mol. The number of nitrogens with zero attached hydrogens (tertiary/aromatic N) is 1. The van der Waals surface area contributed by atoms with E-state index in [1.807, 2.05) is 26.0 Å². The Labute approximate surface area is 108 Å². The minimum atomic E-state index is 0.0416. The first-order chi connectivity index (χ1) is 8.70. The van der Waals surface area contributed by atoms with Gasteiger partial charge in [-0.15, -0.1) is 0 Å². The van der Waals surface area contributed by atoms with Gasteiger partial charge in [0.25, 0.3) is 0 Å². The second-order valence-corrected chi connectivity index (χ2v) is 4.60. The third-order valence-electron chi connectivity index (χ3n) is 2.97. The first kappa shape index (κ1) is 12.9. The summed E-state index contributed by atoms with van der Waals surface area (Å²) < 4.78 is 11.5. The van der Waals surface area contributed by atoms with Gasteiger partial charge in [-0.05, 0) is 25.5 Å². The van der Waals surface area contributed by atoms with Gasteiger partial charge in [0.15, 0.2) is 0 Å². The highest BCUT2D eigenvalue weighted by Crippen LogP contribution is 2.23. The molecular formula is C14H18N2O2. The number of hydrogen-bond acceptors (Lipinski definition) is 4. The van der Waals surface area contributed by atoms with E-state index in [-0.39, 0.29) is 12.2 Å². The second kappa shape index (κ2) is 5.85. The molecule has 4 heteroatoms. The van der Waals surface area contributed by atoms with Crippen LogP contribution in [0.15, 0.2) is 18.2 Å². The van der Waals surface area contributed by atoms with Crippen LogP contribution >= 0.6 is 0 Å². The van der Waals surface area contributed by atoms with Crippen molar-refractivity contribution in [1.82, 2.24) is 5.32 Å². The Bertz CT molecular complexity index is 454. The molecule has 2 rings (SSSR count). The molecule has 0 aliphatic carbocycles. The molecule has 0 amide bonds. The summed E-state index contributed by atoms with van der Waals surface area (Å²) in [6.45, 7) is 6.12.